The van der Waals surface area contributed by atoms with Gasteiger partial charge in [-0.2, -0.15) is 0 Å². The molecule has 5 rings (SSSR count). The van der Waals surface area contributed by atoms with Gasteiger partial charge in [-0.15, -0.1) is 0 Å². The van der Waals surface area contributed by atoms with Gasteiger partial charge >= 0.3 is 0 Å². The van der Waals surface area contributed by atoms with E-state index in [0.29, 0.717) is 17.5 Å². The standard InChI is InChI=1S/C17H19N3O2/c21-16(18-14-10-20-8-6-12(14)7-9-20)15-11-22-17(19-15)13-4-2-1-3-5-13/h1-5,11-12,14H,6-10H2,(H,18,21)/t14-/m0/s1. The predicted molar refractivity (Wildman–Crippen MR) is 82.4 cm³/mol. The van der Waals surface area contributed by atoms with E-state index < -0.39 is 0 Å². The van der Waals surface area contributed by atoms with Gasteiger partial charge in [-0.3, -0.25) is 4.79 Å². The number of hydrogen-bond acceptors (Lipinski definition) is 4. The summed E-state index contributed by atoms with van der Waals surface area (Å²) >= 11 is 0. The third-order valence-corrected chi connectivity index (χ3v) is 4.73. The average Bonchev–Trinajstić information content (AvgIpc) is 3.07. The van der Waals surface area contributed by atoms with Gasteiger partial charge in [0.25, 0.3) is 5.91 Å². The number of fused-ring (bicyclic) bond motifs is 3. The Morgan fingerprint density at radius 2 is 2.00 bits per heavy atom. The van der Waals surface area contributed by atoms with Crippen LogP contribution < -0.4 is 5.32 Å². The van der Waals surface area contributed by atoms with Crippen LogP contribution >= 0.6 is 0 Å². The molecule has 1 aromatic carbocycles. The molecule has 2 bridgehead atoms. The van der Waals surface area contributed by atoms with Gasteiger partial charge in [-0.1, -0.05) is 18.2 Å². The Balaban J connectivity index is 1.46. The number of nitrogens with zero attached hydrogens (tertiary/aromatic N) is 2. The van der Waals surface area contributed by atoms with Crippen LogP contribution in [0, 0.1) is 5.92 Å². The number of rotatable bonds is 3. The Bertz CT molecular complexity index is 660. The van der Waals surface area contributed by atoms with E-state index in [1.54, 1.807) is 0 Å². The molecule has 0 spiro atoms. The van der Waals surface area contributed by atoms with Gasteiger partial charge < -0.3 is 14.6 Å². The molecule has 0 radical (unpaired) electrons. The maximum atomic E-state index is 12.4. The summed E-state index contributed by atoms with van der Waals surface area (Å²) in [5.41, 5.74) is 1.24. The van der Waals surface area contributed by atoms with Crippen LogP contribution in [0.5, 0.6) is 0 Å². The van der Waals surface area contributed by atoms with E-state index in [2.05, 4.69) is 15.2 Å². The number of carbonyl (C=O) groups excluding carboxylic acids is 1. The van der Waals surface area contributed by atoms with E-state index in [1.165, 1.54) is 32.2 Å². The van der Waals surface area contributed by atoms with Crippen molar-refractivity contribution in [2.45, 2.75) is 18.9 Å². The first kappa shape index (κ1) is 13.5. The zero-order chi connectivity index (χ0) is 14.9. The minimum Gasteiger partial charge on any atom is -0.444 e. The highest BCUT2D eigenvalue weighted by atomic mass is 16.3. The fraction of sp³-hybridized carbons (Fsp3) is 0.412. The SMILES string of the molecule is O=C(N[C@H]1CN2CCC1CC2)c1coc(-c2ccccc2)n1. The summed E-state index contributed by atoms with van der Waals surface area (Å²) in [4.78, 5) is 19.1. The number of piperidine rings is 3. The Morgan fingerprint density at radius 1 is 1.23 bits per heavy atom. The van der Waals surface area contributed by atoms with Crippen LogP contribution in [0.4, 0.5) is 0 Å². The highest BCUT2D eigenvalue weighted by Crippen LogP contribution is 2.27. The fourth-order valence-electron chi connectivity index (χ4n) is 3.46. The Kier molecular flexibility index (Phi) is 3.42. The lowest BCUT2D eigenvalue weighted by Crippen LogP contribution is -2.57. The molecule has 3 aliphatic rings. The molecular weight excluding hydrogens is 278 g/mol. The molecule has 1 atom stereocenters. The van der Waals surface area contributed by atoms with Crippen molar-refractivity contribution in [1.29, 1.82) is 0 Å². The minimum atomic E-state index is -0.135. The maximum absolute atomic E-state index is 12.4. The molecule has 114 valence electrons. The van der Waals surface area contributed by atoms with Crippen molar-refractivity contribution in [2.24, 2.45) is 5.92 Å². The van der Waals surface area contributed by atoms with Gasteiger partial charge in [-0.05, 0) is 44.0 Å². The second-order valence-corrected chi connectivity index (χ2v) is 6.12. The van der Waals surface area contributed by atoms with Crippen LogP contribution in [0.15, 0.2) is 41.0 Å². The third kappa shape index (κ3) is 2.52. The van der Waals surface area contributed by atoms with Crippen LogP contribution in [0.2, 0.25) is 0 Å². The summed E-state index contributed by atoms with van der Waals surface area (Å²) in [6.45, 7) is 3.29. The second-order valence-electron chi connectivity index (χ2n) is 6.12. The van der Waals surface area contributed by atoms with Gasteiger partial charge in [0.2, 0.25) is 5.89 Å². The van der Waals surface area contributed by atoms with Gasteiger partial charge in [-0.25, -0.2) is 4.98 Å². The number of aromatic nitrogens is 1. The van der Waals surface area contributed by atoms with E-state index in [9.17, 15) is 4.79 Å². The normalized spacial score (nSPS) is 26.8. The first-order valence-corrected chi connectivity index (χ1v) is 7.84. The number of oxazole rings is 1. The van der Waals surface area contributed by atoms with Crippen molar-refractivity contribution in [2.75, 3.05) is 19.6 Å². The van der Waals surface area contributed by atoms with E-state index in [-0.39, 0.29) is 11.9 Å². The number of nitrogens with one attached hydrogen (secondary N) is 1. The molecule has 5 nitrogen and oxygen atoms in total. The van der Waals surface area contributed by atoms with Gasteiger partial charge in [0.05, 0.1) is 0 Å². The fourth-order valence-corrected chi connectivity index (χ4v) is 3.46. The molecule has 2 aromatic rings. The molecule has 3 saturated heterocycles. The summed E-state index contributed by atoms with van der Waals surface area (Å²) in [5.74, 6) is 0.957. The first-order valence-electron chi connectivity index (χ1n) is 7.84. The van der Waals surface area contributed by atoms with Crippen molar-refractivity contribution in [3.05, 3.63) is 42.3 Å². The van der Waals surface area contributed by atoms with Crippen LogP contribution in [-0.4, -0.2) is 41.5 Å². The molecule has 1 aromatic heterocycles. The Morgan fingerprint density at radius 3 is 2.68 bits per heavy atom. The van der Waals surface area contributed by atoms with Crippen LogP contribution in [0.3, 0.4) is 0 Å². The summed E-state index contributed by atoms with van der Waals surface area (Å²) in [6.07, 6.45) is 3.80. The number of hydrogen-bond donors (Lipinski definition) is 1. The first-order chi connectivity index (χ1) is 10.8. The lowest BCUT2D eigenvalue weighted by molar-refractivity contribution is 0.0618. The van der Waals surface area contributed by atoms with E-state index in [0.717, 1.165) is 12.1 Å². The largest absolute Gasteiger partial charge is 0.444 e. The predicted octanol–water partition coefficient (Wildman–Crippen LogP) is 2.17. The molecular formula is C17H19N3O2. The molecule has 0 aliphatic carbocycles. The van der Waals surface area contributed by atoms with Crippen molar-refractivity contribution >= 4 is 5.91 Å². The zero-order valence-corrected chi connectivity index (χ0v) is 12.4. The molecule has 0 unspecified atom stereocenters. The van der Waals surface area contributed by atoms with Crippen LogP contribution in [-0.2, 0) is 0 Å². The highest BCUT2D eigenvalue weighted by Gasteiger charge is 2.35. The molecule has 3 aliphatic heterocycles. The second kappa shape index (κ2) is 5.57. The van der Waals surface area contributed by atoms with Crippen molar-refractivity contribution < 1.29 is 9.21 Å². The minimum absolute atomic E-state index is 0.135. The lowest BCUT2D eigenvalue weighted by atomic mass is 9.84. The van der Waals surface area contributed by atoms with Crippen LogP contribution in [0.1, 0.15) is 23.3 Å². The zero-order valence-electron chi connectivity index (χ0n) is 12.4. The molecule has 1 amide bonds. The van der Waals surface area contributed by atoms with Crippen molar-refractivity contribution in [3.8, 4) is 11.5 Å². The van der Waals surface area contributed by atoms with Gasteiger partial charge in [0.1, 0.15) is 6.26 Å². The number of carbonyl (C=O) groups is 1. The summed E-state index contributed by atoms with van der Waals surface area (Å²) in [7, 11) is 0. The molecule has 5 heteroatoms. The van der Waals surface area contributed by atoms with Crippen molar-refractivity contribution in [3.63, 3.8) is 0 Å². The lowest BCUT2D eigenvalue weighted by Gasteiger charge is -2.44. The molecule has 22 heavy (non-hydrogen) atoms. The van der Waals surface area contributed by atoms with Gasteiger partial charge in [0, 0.05) is 18.2 Å². The Hall–Kier alpha value is -2.14. The van der Waals surface area contributed by atoms with E-state index in [4.69, 9.17) is 4.42 Å². The smallest absolute Gasteiger partial charge is 0.273 e. The summed E-state index contributed by atoms with van der Waals surface area (Å²) in [5, 5.41) is 3.13. The molecule has 0 saturated carbocycles. The maximum Gasteiger partial charge on any atom is 0.273 e. The van der Waals surface area contributed by atoms with Gasteiger partial charge in [0.15, 0.2) is 5.69 Å². The van der Waals surface area contributed by atoms with E-state index in [1.807, 2.05) is 30.3 Å². The quantitative estimate of drug-likeness (QED) is 0.943. The molecule has 3 fully saturated rings. The Labute approximate surface area is 129 Å². The number of benzene rings is 1. The highest BCUT2D eigenvalue weighted by molar-refractivity contribution is 5.92. The third-order valence-electron chi connectivity index (χ3n) is 4.73. The topological polar surface area (TPSA) is 58.4 Å². The van der Waals surface area contributed by atoms with Crippen molar-refractivity contribution in [1.82, 2.24) is 15.2 Å². The summed E-state index contributed by atoms with van der Waals surface area (Å²) < 4.78 is 5.44. The summed E-state index contributed by atoms with van der Waals surface area (Å²) in [6, 6.07) is 9.86. The van der Waals surface area contributed by atoms with Crippen LogP contribution in [0.25, 0.3) is 11.5 Å². The van der Waals surface area contributed by atoms with E-state index >= 15 is 0 Å². The average molecular weight is 297 g/mol. The molecule has 1 N–H and O–H groups in total. The molecule has 4 heterocycles. The number of amides is 1. The monoisotopic (exact) mass is 297 g/mol.